The molecule has 1 heterocycles. The molecular weight excluding hydrogens is 128 g/mol. The van der Waals surface area contributed by atoms with Crippen LogP contribution in [0.3, 0.4) is 0 Å². The summed E-state index contributed by atoms with van der Waals surface area (Å²) in [5.41, 5.74) is 0. The van der Waals surface area contributed by atoms with Crippen LogP contribution < -0.4 is 5.32 Å². The monoisotopic (exact) mass is 136 g/mol. The Labute approximate surface area is 59.0 Å². The average Bonchev–Trinajstić information content (AvgIpc) is 2.03. The van der Waals surface area contributed by atoms with Crippen LogP contribution in [0.4, 0.5) is 5.82 Å². The first-order valence-corrected chi connectivity index (χ1v) is 2.92. The van der Waals surface area contributed by atoms with Crippen molar-refractivity contribution in [2.45, 2.75) is 0 Å². The minimum absolute atomic E-state index is 0.693. The highest BCUT2D eigenvalue weighted by Gasteiger charge is 1.86. The van der Waals surface area contributed by atoms with Gasteiger partial charge in [0.25, 0.3) is 0 Å². The quantitative estimate of drug-likeness (QED) is 0.613. The zero-order valence-corrected chi connectivity index (χ0v) is 5.49. The van der Waals surface area contributed by atoms with E-state index in [1.54, 1.807) is 18.3 Å². The first-order valence-electron chi connectivity index (χ1n) is 2.92. The van der Waals surface area contributed by atoms with Crippen LogP contribution in [0.25, 0.3) is 0 Å². The smallest absolute Gasteiger partial charge is 0.152 e. The Kier molecular flexibility index (Phi) is 2.37. The van der Waals surface area contributed by atoms with Crippen LogP contribution >= 0.6 is 0 Å². The molecule has 0 aliphatic rings. The summed E-state index contributed by atoms with van der Waals surface area (Å²) in [4.78, 5) is 0. The van der Waals surface area contributed by atoms with Crippen LogP contribution in [0, 0.1) is 0 Å². The van der Waals surface area contributed by atoms with Gasteiger partial charge in [0.15, 0.2) is 5.82 Å². The van der Waals surface area contributed by atoms with E-state index in [0.29, 0.717) is 6.54 Å². The van der Waals surface area contributed by atoms with Crippen molar-refractivity contribution in [3.63, 3.8) is 0 Å². The van der Waals surface area contributed by atoms with Crippen LogP contribution in [0.5, 0.6) is 0 Å². The predicted molar refractivity (Wildman–Crippen MR) is 38.5 cm³/mol. The Hall–Kier alpha value is -1.45. The van der Waals surface area contributed by atoms with Crippen LogP contribution in [-0.2, 0) is 0 Å². The lowest BCUT2D eigenvalue weighted by atomic mass is 10.5. The molecule has 0 unspecified atom stereocenters. The molecule has 1 rings (SSSR count). The fourth-order valence-corrected chi connectivity index (χ4v) is 0.512. The first kappa shape index (κ1) is 6.67. The average molecular weight is 136 g/mol. The van der Waals surface area contributed by atoms with Gasteiger partial charge in [-0.25, -0.2) is 0 Å². The normalized spacial score (nSPS) is 8.80. The topological polar surface area (TPSA) is 50.7 Å². The second-order valence-electron chi connectivity index (χ2n) is 1.68. The number of nitrogens with one attached hydrogen (secondary N) is 1. The van der Waals surface area contributed by atoms with Gasteiger partial charge in [-0.1, -0.05) is 6.08 Å². The summed E-state index contributed by atoms with van der Waals surface area (Å²) in [6, 6.07) is 1.75. The van der Waals surface area contributed by atoms with Gasteiger partial charge < -0.3 is 5.32 Å². The van der Waals surface area contributed by atoms with E-state index in [4.69, 9.17) is 0 Å². The van der Waals surface area contributed by atoms with Gasteiger partial charge in [-0.05, 0) is 5.21 Å². The molecule has 0 bridgehead atoms. The third-order valence-electron chi connectivity index (χ3n) is 0.931. The molecular formula is C6H8N4. The zero-order valence-electron chi connectivity index (χ0n) is 5.49. The van der Waals surface area contributed by atoms with E-state index in [1.807, 2.05) is 0 Å². The molecule has 1 N–H and O–H groups in total. The predicted octanol–water partition coefficient (Wildman–Crippen LogP) is 0.469. The molecule has 4 heteroatoms. The molecule has 1 aromatic rings. The second kappa shape index (κ2) is 3.55. The Morgan fingerprint density at radius 2 is 2.60 bits per heavy atom. The van der Waals surface area contributed by atoms with Gasteiger partial charge in [0.2, 0.25) is 0 Å². The summed E-state index contributed by atoms with van der Waals surface area (Å²) in [7, 11) is 0. The van der Waals surface area contributed by atoms with Gasteiger partial charge in [0.1, 0.15) is 0 Å². The van der Waals surface area contributed by atoms with E-state index in [1.165, 1.54) is 0 Å². The van der Waals surface area contributed by atoms with Crippen molar-refractivity contribution in [3.05, 3.63) is 24.9 Å². The lowest BCUT2D eigenvalue weighted by molar-refractivity contribution is 0.866. The Balaban J connectivity index is 2.50. The van der Waals surface area contributed by atoms with E-state index in [2.05, 4.69) is 27.3 Å². The van der Waals surface area contributed by atoms with Crippen molar-refractivity contribution in [2.24, 2.45) is 0 Å². The maximum absolute atomic E-state index is 3.70. The highest BCUT2D eigenvalue weighted by Crippen LogP contribution is 1.93. The Morgan fingerprint density at radius 3 is 3.20 bits per heavy atom. The van der Waals surface area contributed by atoms with E-state index >= 15 is 0 Å². The highest BCUT2D eigenvalue weighted by molar-refractivity contribution is 5.30. The molecule has 0 fully saturated rings. The second-order valence-corrected chi connectivity index (χ2v) is 1.68. The number of hydrogen-bond acceptors (Lipinski definition) is 4. The third-order valence-corrected chi connectivity index (χ3v) is 0.931. The van der Waals surface area contributed by atoms with Crippen LogP contribution in [0.2, 0.25) is 0 Å². The molecule has 0 spiro atoms. The zero-order chi connectivity index (χ0) is 7.23. The fourth-order valence-electron chi connectivity index (χ4n) is 0.512. The lowest BCUT2D eigenvalue weighted by Crippen LogP contribution is -2.01. The molecule has 0 saturated heterocycles. The molecule has 0 aliphatic carbocycles. The van der Waals surface area contributed by atoms with E-state index in [-0.39, 0.29) is 0 Å². The summed E-state index contributed by atoms with van der Waals surface area (Å²) in [6.07, 6.45) is 3.33. The molecule has 0 saturated carbocycles. The maximum Gasteiger partial charge on any atom is 0.152 e. The van der Waals surface area contributed by atoms with Crippen molar-refractivity contribution < 1.29 is 0 Å². The summed E-state index contributed by atoms with van der Waals surface area (Å²) in [5.74, 6) is 0.718. The molecule has 0 aliphatic heterocycles. The van der Waals surface area contributed by atoms with Crippen LogP contribution in [0.1, 0.15) is 0 Å². The SMILES string of the molecule is C=CCNc1ccnnn1. The molecule has 10 heavy (non-hydrogen) atoms. The summed E-state index contributed by atoms with van der Waals surface area (Å²) in [6.45, 7) is 4.24. The Bertz CT molecular complexity index is 196. The van der Waals surface area contributed by atoms with Crippen molar-refractivity contribution >= 4 is 5.82 Å². The molecule has 52 valence electrons. The summed E-state index contributed by atoms with van der Waals surface area (Å²) >= 11 is 0. The van der Waals surface area contributed by atoms with Crippen LogP contribution in [-0.4, -0.2) is 22.0 Å². The summed E-state index contributed by atoms with van der Waals surface area (Å²) < 4.78 is 0. The van der Waals surface area contributed by atoms with Crippen molar-refractivity contribution in [1.29, 1.82) is 0 Å². The van der Waals surface area contributed by atoms with E-state index < -0.39 is 0 Å². The molecule has 0 aromatic carbocycles. The molecule has 0 radical (unpaired) electrons. The molecule has 1 aromatic heterocycles. The lowest BCUT2D eigenvalue weighted by Gasteiger charge is -1.96. The van der Waals surface area contributed by atoms with Gasteiger partial charge in [-0.2, -0.15) is 0 Å². The standard InChI is InChI=1S/C6H8N4/c1-2-4-7-6-3-5-8-10-9-6/h2-3,5H,1,4H2,(H,7,8,9). The van der Waals surface area contributed by atoms with E-state index in [0.717, 1.165) is 5.82 Å². The van der Waals surface area contributed by atoms with Crippen molar-refractivity contribution in [1.82, 2.24) is 15.4 Å². The minimum atomic E-state index is 0.693. The largest absolute Gasteiger partial charge is 0.365 e. The van der Waals surface area contributed by atoms with Gasteiger partial charge >= 0.3 is 0 Å². The maximum atomic E-state index is 3.70. The molecule has 0 amide bonds. The highest BCUT2D eigenvalue weighted by atomic mass is 15.3. The third kappa shape index (κ3) is 1.81. The number of aromatic nitrogens is 3. The van der Waals surface area contributed by atoms with Crippen molar-refractivity contribution in [3.8, 4) is 0 Å². The van der Waals surface area contributed by atoms with Gasteiger partial charge in [-0.3, -0.25) is 0 Å². The number of nitrogens with zero attached hydrogens (tertiary/aromatic N) is 3. The molecule has 4 nitrogen and oxygen atoms in total. The number of hydrogen-bond donors (Lipinski definition) is 1. The number of anilines is 1. The number of rotatable bonds is 3. The fraction of sp³-hybridized carbons (Fsp3) is 0.167. The minimum Gasteiger partial charge on any atom is -0.365 e. The van der Waals surface area contributed by atoms with E-state index in [9.17, 15) is 0 Å². The van der Waals surface area contributed by atoms with Gasteiger partial charge in [-0.15, -0.1) is 16.8 Å². The Morgan fingerprint density at radius 1 is 1.70 bits per heavy atom. The van der Waals surface area contributed by atoms with Gasteiger partial charge in [0.05, 0.1) is 6.20 Å². The summed E-state index contributed by atoms with van der Waals surface area (Å²) in [5, 5.41) is 13.6. The first-order chi connectivity index (χ1) is 4.93. The van der Waals surface area contributed by atoms with Crippen LogP contribution in [0.15, 0.2) is 24.9 Å². The molecule has 0 atom stereocenters. The van der Waals surface area contributed by atoms with Gasteiger partial charge in [0, 0.05) is 12.6 Å². The van der Waals surface area contributed by atoms with Crippen molar-refractivity contribution in [2.75, 3.05) is 11.9 Å².